The maximum atomic E-state index is 13.2. The van der Waals surface area contributed by atoms with Gasteiger partial charge in [-0.05, 0) is 19.4 Å². The van der Waals surface area contributed by atoms with E-state index in [9.17, 15) is 14.6 Å². The fourth-order valence-electron chi connectivity index (χ4n) is 1.14. The van der Waals surface area contributed by atoms with Crippen LogP contribution < -0.4 is 0 Å². The van der Waals surface area contributed by atoms with Crippen molar-refractivity contribution in [1.29, 1.82) is 0 Å². The van der Waals surface area contributed by atoms with Crippen molar-refractivity contribution in [2.24, 2.45) is 0 Å². The average molecular weight is 199 g/mol. The lowest BCUT2D eigenvalue weighted by Crippen LogP contribution is -2.32. The van der Waals surface area contributed by atoms with Crippen molar-refractivity contribution < 1.29 is 14.6 Å². The molecular formula is C10H14FNO2. The van der Waals surface area contributed by atoms with E-state index >= 15 is 0 Å². The summed E-state index contributed by atoms with van der Waals surface area (Å²) in [5.74, 6) is -0.603. The number of aromatic nitrogens is 1. The second kappa shape index (κ2) is 4.02. The van der Waals surface area contributed by atoms with E-state index in [0.717, 1.165) is 6.20 Å². The van der Waals surface area contributed by atoms with Crippen molar-refractivity contribution in [3.05, 3.63) is 29.8 Å². The van der Waals surface area contributed by atoms with Crippen molar-refractivity contribution in [3.8, 4) is 0 Å². The quantitative estimate of drug-likeness (QED) is 0.774. The molecule has 3 nitrogen and oxygen atoms in total. The minimum absolute atomic E-state index is 0.0758. The van der Waals surface area contributed by atoms with E-state index in [-0.39, 0.29) is 5.56 Å². The fourth-order valence-corrected chi connectivity index (χ4v) is 1.14. The summed E-state index contributed by atoms with van der Waals surface area (Å²) in [5.41, 5.74) is -1.24. The van der Waals surface area contributed by atoms with Gasteiger partial charge >= 0.3 is 0 Å². The summed E-state index contributed by atoms with van der Waals surface area (Å²) in [5, 5.41) is 19.4. The topological polar surface area (TPSA) is 53.4 Å². The molecule has 0 aliphatic heterocycles. The minimum Gasteiger partial charge on any atom is -0.387 e. The number of hydrogen-bond acceptors (Lipinski definition) is 3. The number of aliphatic hydroxyl groups is 2. The molecule has 0 saturated carbocycles. The molecule has 0 spiro atoms. The first-order chi connectivity index (χ1) is 6.49. The maximum absolute atomic E-state index is 13.2. The van der Waals surface area contributed by atoms with Gasteiger partial charge in [0.1, 0.15) is 11.9 Å². The average Bonchev–Trinajstić information content (AvgIpc) is 2.17. The highest BCUT2D eigenvalue weighted by molar-refractivity contribution is 5.18. The van der Waals surface area contributed by atoms with Crippen molar-refractivity contribution >= 4 is 0 Å². The minimum atomic E-state index is -1.32. The van der Waals surface area contributed by atoms with Gasteiger partial charge in [-0.1, -0.05) is 6.92 Å². The standard InChI is InChI=1S/C10H14FNO2/c1-3-10(2,14)9(13)7-4-5-12-6-8(7)11/h4-6,9,13-14H,3H2,1-2H3. The molecule has 4 heteroatoms. The van der Waals surface area contributed by atoms with Crippen molar-refractivity contribution in [2.75, 3.05) is 0 Å². The molecule has 2 unspecified atom stereocenters. The van der Waals surface area contributed by atoms with Crippen molar-refractivity contribution in [1.82, 2.24) is 4.98 Å². The molecule has 14 heavy (non-hydrogen) atoms. The van der Waals surface area contributed by atoms with Crippen LogP contribution >= 0.6 is 0 Å². The monoisotopic (exact) mass is 199 g/mol. The van der Waals surface area contributed by atoms with Gasteiger partial charge in [-0.25, -0.2) is 4.39 Å². The summed E-state index contributed by atoms with van der Waals surface area (Å²) in [7, 11) is 0. The van der Waals surface area contributed by atoms with E-state index in [1.807, 2.05) is 0 Å². The zero-order valence-electron chi connectivity index (χ0n) is 8.24. The number of pyridine rings is 1. The van der Waals surface area contributed by atoms with Gasteiger partial charge in [-0.2, -0.15) is 0 Å². The molecule has 0 aromatic carbocycles. The molecule has 0 saturated heterocycles. The van der Waals surface area contributed by atoms with Gasteiger partial charge < -0.3 is 10.2 Å². The predicted octanol–water partition coefficient (Wildman–Crippen LogP) is 1.42. The second-order valence-electron chi connectivity index (χ2n) is 3.51. The highest BCUT2D eigenvalue weighted by Gasteiger charge is 2.31. The van der Waals surface area contributed by atoms with Gasteiger partial charge in [-0.3, -0.25) is 4.98 Å². The SMILES string of the molecule is CCC(C)(O)C(O)c1ccncc1F. The summed E-state index contributed by atoms with van der Waals surface area (Å²) in [4.78, 5) is 3.57. The third-order valence-corrected chi connectivity index (χ3v) is 2.40. The third kappa shape index (κ3) is 2.08. The Morgan fingerprint density at radius 3 is 2.79 bits per heavy atom. The lowest BCUT2D eigenvalue weighted by Gasteiger charge is -2.28. The Kier molecular flexibility index (Phi) is 3.18. The molecule has 0 amide bonds. The van der Waals surface area contributed by atoms with Crippen LogP contribution in [0.15, 0.2) is 18.5 Å². The van der Waals surface area contributed by atoms with Gasteiger partial charge in [-0.15, -0.1) is 0 Å². The molecule has 78 valence electrons. The molecule has 2 N–H and O–H groups in total. The van der Waals surface area contributed by atoms with E-state index in [2.05, 4.69) is 4.98 Å². The second-order valence-corrected chi connectivity index (χ2v) is 3.51. The lowest BCUT2D eigenvalue weighted by atomic mass is 9.91. The van der Waals surface area contributed by atoms with Crippen LogP contribution in [0.5, 0.6) is 0 Å². The van der Waals surface area contributed by atoms with Gasteiger partial charge in [0.25, 0.3) is 0 Å². The first kappa shape index (κ1) is 11.1. The van der Waals surface area contributed by atoms with Crippen molar-refractivity contribution in [3.63, 3.8) is 0 Å². The summed E-state index contributed by atoms with van der Waals surface area (Å²) in [6.07, 6.45) is 1.52. The smallest absolute Gasteiger partial charge is 0.147 e. The summed E-state index contributed by atoms with van der Waals surface area (Å²) < 4.78 is 13.2. The van der Waals surface area contributed by atoms with E-state index in [4.69, 9.17) is 0 Å². The Morgan fingerprint density at radius 1 is 1.64 bits per heavy atom. The van der Waals surface area contributed by atoms with Gasteiger partial charge in [0, 0.05) is 11.8 Å². The van der Waals surface area contributed by atoms with E-state index in [1.165, 1.54) is 19.2 Å². The van der Waals surface area contributed by atoms with Crippen LogP contribution in [0.2, 0.25) is 0 Å². The fraction of sp³-hybridized carbons (Fsp3) is 0.500. The number of hydrogen-bond donors (Lipinski definition) is 2. The number of halogens is 1. The lowest BCUT2D eigenvalue weighted by molar-refractivity contribution is -0.0673. The normalized spacial score (nSPS) is 17.5. The summed E-state index contributed by atoms with van der Waals surface area (Å²) in [6, 6.07) is 1.37. The van der Waals surface area contributed by atoms with Gasteiger partial charge in [0.05, 0.1) is 11.8 Å². The Bertz CT molecular complexity index is 315. The number of aliphatic hydroxyl groups excluding tert-OH is 1. The predicted molar refractivity (Wildman–Crippen MR) is 50.1 cm³/mol. The van der Waals surface area contributed by atoms with Crippen LogP contribution in [-0.2, 0) is 0 Å². The zero-order valence-corrected chi connectivity index (χ0v) is 8.24. The van der Waals surface area contributed by atoms with Crippen LogP contribution in [0.1, 0.15) is 31.9 Å². The highest BCUT2D eigenvalue weighted by atomic mass is 19.1. The van der Waals surface area contributed by atoms with Crippen LogP contribution in [0.25, 0.3) is 0 Å². The number of rotatable bonds is 3. The Balaban J connectivity index is 3.00. The number of nitrogens with zero attached hydrogens (tertiary/aromatic N) is 1. The van der Waals surface area contributed by atoms with Crippen LogP contribution in [0, 0.1) is 5.82 Å². The van der Waals surface area contributed by atoms with E-state index in [1.54, 1.807) is 6.92 Å². The van der Waals surface area contributed by atoms with E-state index in [0.29, 0.717) is 6.42 Å². The Morgan fingerprint density at radius 2 is 2.29 bits per heavy atom. The molecule has 0 fully saturated rings. The molecule has 1 rings (SSSR count). The highest BCUT2D eigenvalue weighted by Crippen LogP contribution is 2.29. The van der Waals surface area contributed by atoms with Crippen LogP contribution in [0.4, 0.5) is 4.39 Å². The zero-order chi connectivity index (χ0) is 10.8. The molecular weight excluding hydrogens is 185 g/mol. The molecule has 1 aromatic heterocycles. The van der Waals surface area contributed by atoms with E-state index < -0.39 is 17.5 Å². The molecule has 0 aliphatic rings. The molecule has 2 atom stereocenters. The first-order valence-electron chi connectivity index (χ1n) is 4.49. The van der Waals surface area contributed by atoms with Crippen molar-refractivity contribution in [2.45, 2.75) is 32.0 Å². The Hall–Kier alpha value is -1.00. The maximum Gasteiger partial charge on any atom is 0.147 e. The third-order valence-electron chi connectivity index (χ3n) is 2.40. The molecule has 1 heterocycles. The molecule has 1 aromatic rings. The Labute approximate surface area is 82.2 Å². The molecule has 0 aliphatic carbocycles. The molecule has 0 bridgehead atoms. The van der Waals surface area contributed by atoms with Gasteiger partial charge in [0.15, 0.2) is 0 Å². The van der Waals surface area contributed by atoms with Crippen LogP contribution in [0.3, 0.4) is 0 Å². The largest absolute Gasteiger partial charge is 0.387 e. The molecule has 0 radical (unpaired) electrons. The van der Waals surface area contributed by atoms with Crippen LogP contribution in [-0.4, -0.2) is 20.8 Å². The van der Waals surface area contributed by atoms with Gasteiger partial charge in [0.2, 0.25) is 0 Å². The summed E-state index contributed by atoms with van der Waals surface area (Å²) >= 11 is 0. The summed E-state index contributed by atoms with van der Waals surface area (Å²) in [6.45, 7) is 3.19. The first-order valence-corrected chi connectivity index (χ1v) is 4.49.